The molecular weight excluding hydrogens is 969 g/mol. The Morgan fingerprint density at radius 1 is 0.364 bits per heavy atom. The maximum absolute atomic E-state index is 6.98. The van der Waals surface area contributed by atoms with Crippen molar-refractivity contribution in [2.45, 2.75) is 70.6 Å². The minimum absolute atomic E-state index is 0.148. The maximum Gasteiger partial charge on any atom is 0.159 e. The summed E-state index contributed by atoms with van der Waals surface area (Å²) in [5.41, 5.74) is 18.5. The Kier molecular flexibility index (Phi) is 10.7. The quantitative estimate of drug-likeness (QED) is 0.101. The van der Waals surface area contributed by atoms with Crippen molar-refractivity contribution in [3.63, 3.8) is 0 Å². The summed E-state index contributed by atoms with van der Waals surface area (Å²) < 4.78 is 13.8. The van der Waals surface area contributed by atoms with Crippen molar-refractivity contribution >= 4 is 126 Å². The second-order valence-corrected chi connectivity index (χ2v) is 34.4. The number of nitrogens with zero attached hydrogens (tertiary/aromatic N) is 2. The van der Waals surface area contributed by atoms with Gasteiger partial charge in [0, 0.05) is 49.0 Å². The smallest absolute Gasteiger partial charge is 0.159 e. The molecule has 0 radical (unpaired) electrons. The van der Waals surface area contributed by atoms with Crippen LogP contribution in [0.15, 0.2) is 215 Å². The highest BCUT2D eigenvalue weighted by atomic mass is 28.4. The number of para-hydroxylation sites is 6. The van der Waals surface area contributed by atoms with Gasteiger partial charge in [-0.05, 0) is 145 Å². The number of hydrogen-bond acceptors (Lipinski definition) is 4. The minimum Gasteiger partial charge on any atom is -0.454 e. The first kappa shape index (κ1) is 47.3. The molecule has 14 rings (SSSR count). The van der Waals surface area contributed by atoms with Crippen molar-refractivity contribution in [1.82, 2.24) is 0 Å². The van der Waals surface area contributed by atoms with Gasteiger partial charge in [0.2, 0.25) is 0 Å². The van der Waals surface area contributed by atoms with Crippen LogP contribution in [0, 0.1) is 0 Å². The van der Waals surface area contributed by atoms with Gasteiger partial charge in [-0.15, -0.1) is 0 Å². The lowest BCUT2D eigenvalue weighted by Gasteiger charge is -2.51. The molecule has 376 valence electrons. The summed E-state index contributed by atoms with van der Waals surface area (Å²) in [6.07, 6.45) is 1.81. The average molecular weight is 1030 g/mol. The zero-order valence-electron chi connectivity index (χ0n) is 45.3. The molecule has 77 heavy (non-hydrogen) atoms. The summed E-state index contributed by atoms with van der Waals surface area (Å²) in [5, 5.41) is 12.3. The number of anilines is 6. The monoisotopic (exact) mass is 1030 g/mol. The van der Waals surface area contributed by atoms with E-state index in [0.29, 0.717) is 0 Å². The molecule has 1 aliphatic rings. The molecule has 0 spiro atoms. The van der Waals surface area contributed by atoms with Gasteiger partial charge in [-0.25, -0.2) is 0 Å². The molecule has 0 N–H and O–H groups in total. The van der Waals surface area contributed by atoms with Crippen LogP contribution in [-0.2, 0) is 17.5 Å². The lowest BCUT2D eigenvalue weighted by Crippen LogP contribution is -2.63. The van der Waals surface area contributed by atoms with Crippen LogP contribution in [0.5, 0.6) is 0 Å². The van der Waals surface area contributed by atoms with E-state index in [4.69, 9.17) is 8.83 Å². The van der Waals surface area contributed by atoms with Crippen molar-refractivity contribution in [3.8, 4) is 11.1 Å². The second kappa shape index (κ2) is 17.4. The third-order valence-electron chi connectivity index (χ3n) is 17.2. The van der Waals surface area contributed by atoms with Gasteiger partial charge in [-0.3, -0.25) is 0 Å². The second-order valence-electron chi connectivity index (χ2n) is 23.4. The van der Waals surface area contributed by atoms with Crippen LogP contribution in [0.2, 0.25) is 39.3 Å². The van der Waals surface area contributed by atoms with Crippen LogP contribution >= 0.6 is 0 Å². The van der Waals surface area contributed by atoms with Gasteiger partial charge >= 0.3 is 0 Å². The molecular formula is C71H62N2O2Si2. The van der Waals surface area contributed by atoms with Crippen LogP contribution in [0.1, 0.15) is 36.1 Å². The summed E-state index contributed by atoms with van der Waals surface area (Å²) in [4.78, 5) is 4.81. The van der Waals surface area contributed by atoms with E-state index in [-0.39, 0.29) is 4.66 Å². The average Bonchev–Trinajstić information content (AvgIpc) is 4.31. The van der Waals surface area contributed by atoms with Crippen molar-refractivity contribution in [2.24, 2.45) is 0 Å². The fraction of sp³-hybridized carbons (Fsp3) is 0.155. The van der Waals surface area contributed by atoms with Gasteiger partial charge in [0.15, 0.2) is 11.2 Å². The molecule has 11 aromatic carbocycles. The lowest BCUT2D eigenvalue weighted by molar-refractivity contribution is 0.663. The molecule has 1 aliphatic carbocycles. The van der Waals surface area contributed by atoms with E-state index in [1.54, 1.807) is 0 Å². The molecule has 13 aromatic rings. The summed E-state index contributed by atoms with van der Waals surface area (Å²) in [7, 11) is -4.36. The number of fused-ring (bicyclic) bond motifs is 15. The highest BCUT2D eigenvalue weighted by Crippen LogP contribution is 2.63. The molecule has 2 aromatic heterocycles. The van der Waals surface area contributed by atoms with E-state index in [9.17, 15) is 0 Å². The highest BCUT2D eigenvalue weighted by Gasteiger charge is 2.60. The van der Waals surface area contributed by atoms with Gasteiger partial charge in [-0.2, -0.15) is 0 Å². The van der Waals surface area contributed by atoms with Crippen LogP contribution in [0.4, 0.5) is 34.1 Å². The van der Waals surface area contributed by atoms with Gasteiger partial charge < -0.3 is 18.6 Å². The first-order valence-corrected chi connectivity index (χ1v) is 34.5. The summed E-state index contributed by atoms with van der Waals surface area (Å²) in [6.45, 7) is 20.3. The number of hydrogen-bond donors (Lipinski definition) is 0. The zero-order valence-corrected chi connectivity index (χ0v) is 47.3. The fourth-order valence-corrected chi connectivity index (χ4v) is 27.4. The topological polar surface area (TPSA) is 32.8 Å². The van der Waals surface area contributed by atoms with E-state index in [1.165, 1.54) is 65.7 Å². The van der Waals surface area contributed by atoms with Crippen molar-refractivity contribution in [2.75, 3.05) is 9.80 Å². The largest absolute Gasteiger partial charge is 0.454 e. The first-order chi connectivity index (χ1) is 37.4. The molecule has 4 nitrogen and oxygen atoms in total. The van der Waals surface area contributed by atoms with Gasteiger partial charge in [0.25, 0.3) is 0 Å². The van der Waals surface area contributed by atoms with Crippen molar-refractivity contribution in [1.29, 1.82) is 0 Å². The minimum atomic E-state index is -2.18. The molecule has 0 saturated carbocycles. The number of furan rings is 2. The summed E-state index contributed by atoms with van der Waals surface area (Å²) >= 11 is 0. The molecule has 0 aliphatic heterocycles. The Hall–Kier alpha value is -8.17. The molecule has 0 amide bonds. The van der Waals surface area contributed by atoms with Crippen LogP contribution < -0.4 is 9.80 Å². The molecule has 0 fully saturated rings. The Bertz CT molecular complexity index is 4510. The third kappa shape index (κ3) is 6.87. The number of rotatable bonds is 10. The Morgan fingerprint density at radius 2 is 0.831 bits per heavy atom. The van der Waals surface area contributed by atoms with E-state index in [1.807, 2.05) is 0 Å². The maximum atomic E-state index is 6.98. The van der Waals surface area contributed by atoms with E-state index in [0.717, 1.165) is 90.8 Å². The molecule has 0 bridgehead atoms. The predicted molar refractivity (Wildman–Crippen MR) is 335 cm³/mol. The van der Waals surface area contributed by atoms with Crippen molar-refractivity contribution < 1.29 is 8.83 Å². The zero-order chi connectivity index (χ0) is 52.5. The molecule has 2 heterocycles. The van der Waals surface area contributed by atoms with Gasteiger partial charge in [0.05, 0.1) is 27.5 Å². The third-order valence-corrected chi connectivity index (χ3v) is 27.3. The Balaban J connectivity index is 1.01. The first-order valence-electron chi connectivity index (χ1n) is 27.5. The van der Waals surface area contributed by atoms with E-state index in [2.05, 4.69) is 269 Å². The van der Waals surface area contributed by atoms with Crippen LogP contribution in [0.25, 0.3) is 87.3 Å². The number of aryl methyl sites for hydroxylation is 2. The van der Waals surface area contributed by atoms with Crippen molar-refractivity contribution in [3.05, 3.63) is 229 Å². The Labute approximate surface area is 452 Å². The standard InChI is InChI=1S/C71H62N2O2Si2/c1-9-45-23-19-31-56-58-33-21-35-63(69(58)74-67(45)56)72(49-25-13-11-14-26-49)51-38-37-47-42-61-62(43-48(47)41-51)71(76(3,4)5,77(6,7)8)66-55-40-39-52(44-60(55)53-29-17-18-30-54(53)65(61)66)73(50-27-15-12-16-28-50)64-36-22-34-59-57-32-20-24-46(10-2)68(57)75-70(59)64/h11-44H,9-10H2,1-8H3. The highest BCUT2D eigenvalue weighted by molar-refractivity contribution is 7.00. The number of benzene rings is 11. The summed E-state index contributed by atoms with van der Waals surface area (Å²) in [6, 6.07) is 76.9. The summed E-state index contributed by atoms with van der Waals surface area (Å²) in [5.74, 6) is 0. The van der Waals surface area contributed by atoms with Crippen LogP contribution in [-0.4, -0.2) is 16.1 Å². The van der Waals surface area contributed by atoms with Gasteiger partial charge in [0.1, 0.15) is 11.2 Å². The predicted octanol–water partition coefficient (Wildman–Crippen LogP) is 21.0. The normalized spacial score (nSPS) is 13.4. The molecule has 0 atom stereocenters. The van der Waals surface area contributed by atoms with E-state index < -0.39 is 16.1 Å². The van der Waals surface area contributed by atoms with E-state index >= 15 is 0 Å². The van der Waals surface area contributed by atoms with Crippen LogP contribution in [0.3, 0.4) is 0 Å². The SMILES string of the molecule is CCc1cccc2c1oc1c(N(c3ccccc3)c3ccc4cc5c(cc4c3)C([Si](C)(C)C)([Si](C)(C)C)c3c-5c4ccccc4c4cc(N(c5ccccc5)c5cccc6c5oc5c(CC)cccc56)ccc34)cccc12. The molecule has 6 heteroatoms. The molecule has 0 saturated heterocycles. The van der Waals surface area contributed by atoms with Gasteiger partial charge in [-0.1, -0.05) is 193 Å². The Morgan fingerprint density at radius 3 is 1.36 bits per heavy atom. The molecule has 0 unspecified atom stereocenters. The fourth-order valence-electron chi connectivity index (χ4n) is 14.4. The lowest BCUT2D eigenvalue weighted by atomic mass is 9.90.